The fraction of sp³-hybridized carbons (Fsp3) is 0.795. The van der Waals surface area contributed by atoms with E-state index >= 15 is 0 Å². The minimum atomic E-state index is -4.76. The predicted molar refractivity (Wildman–Crippen MR) is 196 cm³/mol. The first kappa shape index (κ1) is 46.1. The van der Waals surface area contributed by atoms with Gasteiger partial charge >= 0.3 is 19.8 Å². The summed E-state index contributed by atoms with van der Waals surface area (Å²) in [6, 6.07) is 0. The van der Waals surface area contributed by atoms with Crippen LogP contribution in [0.3, 0.4) is 0 Å². The van der Waals surface area contributed by atoms with E-state index in [0.717, 1.165) is 77.0 Å². The monoisotopic (exact) mass is 696 g/mol. The Balaban J connectivity index is 4.05. The van der Waals surface area contributed by atoms with Crippen molar-refractivity contribution in [2.24, 2.45) is 0 Å². The molecule has 0 aromatic rings. The fourth-order valence-corrected chi connectivity index (χ4v) is 5.45. The van der Waals surface area contributed by atoms with E-state index in [0.29, 0.717) is 12.8 Å². The van der Waals surface area contributed by atoms with Crippen LogP contribution in [-0.2, 0) is 28.2 Å². The standard InChI is InChI=1S/C39H69O8P/c1-3-5-7-9-11-13-15-17-19-21-23-25-27-29-31-33-38(40)45-35-37(36-46-48(42,43)44)47-39(41)34-32-30-28-26-24-22-20-18-16-14-12-10-8-6-4-2/h15-16,19-20,37H,3-14,21-36H2,1-2H3,(H2,42,43,44). The second kappa shape index (κ2) is 34.9. The number of rotatable bonds is 34. The van der Waals surface area contributed by atoms with Gasteiger partial charge in [0.15, 0.2) is 6.10 Å². The lowest BCUT2D eigenvalue weighted by atomic mass is 10.1. The molecule has 0 saturated carbocycles. The molecular formula is C39H69O8P. The van der Waals surface area contributed by atoms with Crippen molar-refractivity contribution in [3.63, 3.8) is 0 Å². The molecule has 0 fully saturated rings. The van der Waals surface area contributed by atoms with Gasteiger partial charge in [-0.25, -0.2) is 4.57 Å². The maximum absolute atomic E-state index is 12.3. The molecule has 1 unspecified atom stereocenters. The third-order valence-corrected chi connectivity index (χ3v) is 8.48. The largest absolute Gasteiger partial charge is 0.469 e. The van der Waals surface area contributed by atoms with Crippen LogP contribution < -0.4 is 0 Å². The molecule has 9 heteroatoms. The molecule has 0 amide bonds. The summed E-state index contributed by atoms with van der Waals surface area (Å²) in [7, 11) is -4.76. The van der Waals surface area contributed by atoms with E-state index in [-0.39, 0.29) is 19.4 Å². The first-order valence-corrected chi connectivity index (χ1v) is 20.7. The summed E-state index contributed by atoms with van der Waals surface area (Å²) in [6.07, 6.45) is 34.5. The maximum atomic E-state index is 12.3. The summed E-state index contributed by atoms with van der Waals surface area (Å²) in [5, 5.41) is 0. The van der Waals surface area contributed by atoms with Crippen LogP contribution in [0.15, 0.2) is 35.8 Å². The van der Waals surface area contributed by atoms with Gasteiger partial charge in [0.25, 0.3) is 0 Å². The molecule has 0 spiro atoms. The van der Waals surface area contributed by atoms with Crippen LogP contribution in [0.25, 0.3) is 0 Å². The van der Waals surface area contributed by atoms with Gasteiger partial charge in [-0.15, -0.1) is 11.5 Å². The molecule has 0 bridgehead atoms. The molecule has 0 radical (unpaired) electrons. The van der Waals surface area contributed by atoms with Crippen LogP contribution in [0.5, 0.6) is 0 Å². The van der Waals surface area contributed by atoms with Crippen molar-refractivity contribution < 1.29 is 37.9 Å². The summed E-state index contributed by atoms with van der Waals surface area (Å²) >= 11 is 0. The molecule has 278 valence electrons. The number of phosphoric acid groups is 1. The number of hydrogen-bond acceptors (Lipinski definition) is 6. The highest BCUT2D eigenvalue weighted by Crippen LogP contribution is 2.36. The third-order valence-electron chi connectivity index (χ3n) is 7.99. The quantitative estimate of drug-likeness (QED) is 0.0295. The Morgan fingerprint density at radius 1 is 0.562 bits per heavy atom. The lowest BCUT2D eigenvalue weighted by Gasteiger charge is -2.18. The van der Waals surface area contributed by atoms with Gasteiger partial charge in [-0.2, -0.15) is 0 Å². The Bertz CT molecular complexity index is 944. The Hall–Kier alpha value is -1.91. The molecule has 8 nitrogen and oxygen atoms in total. The molecule has 48 heavy (non-hydrogen) atoms. The number of carbonyl (C=O) groups is 2. The summed E-state index contributed by atoms with van der Waals surface area (Å²) < 4.78 is 26.3. The van der Waals surface area contributed by atoms with Gasteiger partial charge in [-0.1, -0.05) is 104 Å². The van der Waals surface area contributed by atoms with Crippen molar-refractivity contribution in [2.75, 3.05) is 13.2 Å². The minimum Gasteiger partial charge on any atom is -0.462 e. The zero-order valence-electron chi connectivity index (χ0n) is 30.5. The van der Waals surface area contributed by atoms with Crippen LogP contribution in [-0.4, -0.2) is 41.0 Å². The number of phosphoric ester groups is 1. The summed E-state index contributed by atoms with van der Waals surface area (Å²) in [5.41, 5.74) is 6.55. The zero-order chi connectivity index (χ0) is 35.4. The van der Waals surface area contributed by atoms with Crippen LogP contribution >= 0.6 is 7.82 Å². The topological polar surface area (TPSA) is 119 Å². The van der Waals surface area contributed by atoms with Gasteiger partial charge < -0.3 is 19.3 Å². The van der Waals surface area contributed by atoms with Crippen LogP contribution in [0.1, 0.15) is 181 Å². The van der Waals surface area contributed by atoms with E-state index < -0.39 is 32.5 Å². The van der Waals surface area contributed by atoms with E-state index in [9.17, 15) is 14.2 Å². The molecule has 0 aromatic heterocycles. The molecule has 0 saturated heterocycles. The number of ether oxygens (including phenoxy) is 2. The number of unbranched alkanes of at least 4 members (excludes halogenated alkanes) is 20. The van der Waals surface area contributed by atoms with Gasteiger partial charge in [0.2, 0.25) is 0 Å². The Labute approximate surface area is 293 Å². The summed E-state index contributed by atoms with van der Waals surface area (Å²) in [6.45, 7) is 3.61. The lowest BCUT2D eigenvalue weighted by molar-refractivity contribution is -0.161. The highest BCUT2D eigenvalue weighted by molar-refractivity contribution is 7.46. The van der Waals surface area contributed by atoms with E-state index in [1.807, 2.05) is 0 Å². The molecule has 1 atom stereocenters. The zero-order valence-corrected chi connectivity index (χ0v) is 31.4. The predicted octanol–water partition coefficient (Wildman–Crippen LogP) is 11.2. The molecule has 0 aliphatic heterocycles. The van der Waals surface area contributed by atoms with Gasteiger partial charge in [-0.3, -0.25) is 14.1 Å². The first-order chi connectivity index (χ1) is 23.3. The summed E-state index contributed by atoms with van der Waals surface area (Å²) in [4.78, 5) is 42.7. The van der Waals surface area contributed by atoms with Crippen molar-refractivity contribution in [3.8, 4) is 0 Å². The van der Waals surface area contributed by atoms with E-state index in [1.165, 1.54) is 64.2 Å². The highest BCUT2D eigenvalue weighted by Gasteiger charge is 2.22. The Kier molecular flexibility index (Phi) is 33.5. The van der Waals surface area contributed by atoms with Gasteiger partial charge in [0.1, 0.15) is 6.61 Å². The van der Waals surface area contributed by atoms with Crippen molar-refractivity contribution in [1.29, 1.82) is 0 Å². The minimum absolute atomic E-state index is 0.187. The van der Waals surface area contributed by atoms with Crippen molar-refractivity contribution in [2.45, 2.75) is 187 Å². The second-order valence-electron chi connectivity index (χ2n) is 12.7. The van der Waals surface area contributed by atoms with Gasteiger partial charge in [0.05, 0.1) is 6.61 Å². The second-order valence-corrected chi connectivity index (χ2v) is 14.0. The van der Waals surface area contributed by atoms with Crippen molar-refractivity contribution in [3.05, 3.63) is 35.8 Å². The van der Waals surface area contributed by atoms with E-state index in [4.69, 9.17) is 19.3 Å². The number of esters is 2. The molecule has 2 N–H and O–H groups in total. The fourth-order valence-electron chi connectivity index (χ4n) is 5.09. The molecule has 0 heterocycles. The molecule has 0 aliphatic rings. The molecule has 0 aromatic carbocycles. The van der Waals surface area contributed by atoms with Crippen molar-refractivity contribution >= 4 is 19.8 Å². The SMILES string of the molecule is CCCCCCCC=C=CCCCCCCCC(=O)OCC(COP(=O)(O)O)OC(=O)CCCCCCCC=C=CCCCCCCC. The van der Waals surface area contributed by atoms with Crippen molar-refractivity contribution in [1.82, 2.24) is 0 Å². The smallest absolute Gasteiger partial charge is 0.462 e. The van der Waals surface area contributed by atoms with Crippen LogP contribution in [0.4, 0.5) is 0 Å². The van der Waals surface area contributed by atoms with Gasteiger partial charge in [0, 0.05) is 12.8 Å². The first-order valence-electron chi connectivity index (χ1n) is 19.1. The van der Waals surface area contributed by atoms with Crippen LogP contribution in [0.2, 0.25) is 0 Å². The number of carbonyl (C=O) groups excluding carboxylic acids is 2. The third kappa shape index (κ3) is 36.9. The number of allylic oxidation sites excluding steroid dienone is 2. The average Bonchev–Trinajstić information content (AvgIpc) is 3.05. The normalized spacial score (nSPS) is 11.7. The Morgan fingerprint density at radius 3 is 1.35 bits per heavy atom. The highest BCUT2D eigenvalue weighted by atomic mass is 31.2. The molecule has 0 rings (SSSR count). The Morgan fingerprint density at radius 2 is 0.938 bits per heavy atom. The lowest BCUT2D eigenvalue weighted by Crippen LogP contribution is -2.29. The maximum Gasteiger partial charge on any atom is 0.469 e. The van der Waals surface area contributed by atoms with E-state index in [2.05, 4.69) is 54.1 Å². The average molecular weight is 697 g/mol. The summed E-state index contributed by atoms with van der Waals surface area (Å²) in [5.74, 6) is -0.927. The molecule has 0 aliphatic carbocycles. The molecular weight excluding hydrogens is 627 g/mol. The van der Waals surface area contributed by atoms with Crippen LogP contribution in [0, 0.1) is 0 Å². The number of hydrogen-bond donors (Lipinski definition) is 2. The van der Waals surface area contributed by atoms with E-state index in [1.54, 1.807) is 0 Å². The van der Waals surface area contributed by atoms with Gasteiger partial charge in [-0.05, 0) is 88.5 Å².